The van der Waals surface area contributed by atoms with Crippen molar-refractivity contribution in [3.05, 3.63) is 48.5 Å². The maximum atomic E-state index is 10.3. The Kier molecular flexibility index (Phi) is 3.66. The minimum Gasteiger partial charge on any atom is -0.508 e. The second-order valence-electron chi connectivity index (χ2n) is 3.40. The van der Waals surface area contributed by atoms with Crippen LogP contribution in [-0.4, -0.2) is 11.6 Å². The van der Waals surface area contributed by atoms with E-state index in [9.17, 15) is 9.90 Å². The van der Waals surface area contributed by atoms with E-state index < -0.39 is 0 Å². The molecule has 0 aromatic heterocycles. The van der Waals surface area contributed by atoms with Crippen LogP contribution in [-0.2, 0) is 4.79 Å². The first-order chi connectivity index (χ1) is 8.79. The van der Waals surface area contributed by atoms with Gasteiger partial charge in [0.25, 0.3) is 6.47 Å². The van der Waals surface area contributed by atoms with Crippen molar-refractivity contribution in [1.82, 2.24) is 0 Å². The number of aromatic hydroxyl groups is 1. The van der Waals surface area contributed by atoms with Crippen molar-refractivity contribution >= 4 is 17.8 Å². The summed E-state index contributed by atoms with van der Waals surface area (Å²) in [7, 11) is 0. The van der Waals surface area contributed by atoms with Crippen LogP contribution >= 0.6 is 0 Å². The molecule has 0 aliphatic heterocycles. The van der Waals surface area contributed by atoms with E-state index in [4.69, 9.17) is 4.74 Å². The highest BCUT2D eigenvalue weighted by Gasteiger charge is 2.04. The van der Waals surface area contributed by atoms with Gasteiger partial charge in [0, 0.05) is 6.07 Å². The second-order valence-corrected chi connectivity index (χ2v) is 3.40. The molecule has 0 amide bonds. The number of nitrogens with zero attached hydrogens (tertiary/aromatic N) is 2. The Morgan fingerprint density at radius 1 is 1.06 bits per heavy atom. The molecule has 90 valence electrons. The molecule has 1 N–H and O–H groups in total. The standard InChI is InChI=1S/C13H10N2O3/c16-9-18-13-8-11(17)6-7-12(13)15-14-10-4-2-1-3-5-10/h1-9,17H. The summed E-state index contributed by atoms with van der Waals surface area (Å²) >= 11 is 0. The van der Waals surface area contributed by atoms with E-state index in [2.05, 4.69) is 10.2 Å². The molecule has 2 aromatic rings. The maximum absolute atomic E-state index is 10.3. The highest BCUT2D eigenvalue weighted by atomic mass is 16.5. The van der Waals surface area contributed by atoms with Crippen molar-refractivity contribution in [3.63, 3.8) is 0 Å². The topological polar surface area (TPSA) is 71.2 Å². The van der Waals surface area contributed by atoms with Gasteiger partial charge in [-0.3, -0.25) is 4.79 Å². The van der Waals surface area contributed by atoms with Crippen LogP contribution in [0.4, 0.5) is 11.4 Å². The van der Waals surface area contributed by atoms with E-state index in [1.807, 2.05) is 18.2 Å². The van der Waals surface area contributed by atoms with Crippen LogP contribution in [0, 0.1) is 0 Å². The first-order valence-corrected chi connectivity index (χ1v) is 5.20. The van der Waals surface area contributed by atoms with Gasteiger partial charge in [-0.2, -0.15) is 5.11 Å². The molecule has 5 nitrogen and oxygen atoms in total. The highest BCUT2D eigenvalue weighted by molar-refractivity contribution is 5.59. The lowest BCUT2D eigenvalue weighted by molar-refractivity contribution is -0.120. The summed E-state index contributed by atoms with van der Waals surface area (Å²) in [5.74, 6) is 0.148. The SMILES string of the molecule is O=COc1cc(O)ccc1N=Nc1ccccc1. The van der Waals surface area contributed by atoms with Gasteiger partial charge in [-0.1, -0.05) is 18.2 Å². The Labute approximate surface area is 103 Å². The lowest BCUT2D eigenvalue weighted by Gasteiger charge is -2.02. The largest absolute Gasteiger partial charge is 0.508 e. The highest BCUT2D eigenvalue weighted by Crippen LogP contribution is 2.32. The van der Waals surface area contributed by atoms with Crippen molar-refractivity contribution < 1.29 is 14.6 Å². The second kappa shape index (κ2) is 5.58. The lowest BCUT2D eigenvalue weighted by Crippen LogP contribution is -1.88. The number of carbonyl (C=O) groups is 1. The molecular formula is C13H10N2O3. The number of hydrogen-bond donors (Lipinski definition) is 1. The van der Waals surface area contributed by atoms with E-state index in [0.29, 0.717) is 11.4 Å². The third-order valence-corrected chi connectivity index (χ3v) is 2.15. The zero-order chi connectivity index (χ0) is 12.8. The molecule has 0 fully saturated rings. The van der Waals surface area contributed by atoms with Crippen molar-refractivity contribution in [2.75, 3.05) is 0 Å². The molecule has 0 bridgehead atoms. The van der Waals surface area contributed by atoms with Gasteiger partial charge >= 0.3 is 0 Å². The molecule has 0 radical (unpaired) electrons. The van der Waals surface area contributed by atoms with Crippen LogP contribution in [0.3, 0.4) is 0 Å². The molecule has 0 atom stereocenters. The van der Waals surface area contributed by atoms with Crippen molar-refractivity contribution in [1.29, 1.82) is 0 Å². The van der Waals surface area contributed by atoms with Crippen molar-refractivity contribution in [3.8, 4) is 11.5 Å². The minimum absolute atomic E-state index is 0.00879. The summed E-state index contributed by atoms with van der Waals surface area (Å²) in [5, 5.41) is 17.2. The Morgan fingerprint density at radius 3 is 2.56 bits per heavy atom. The molecule has 2 aromatic carbocycles. The number of rotatable bonds is 4. The first-order valence-electron chi connectivity index (χ1n) is 5.20. The fraction of sp³-hybridized carbons (Fsp3) is 0. The molecule has 0 spiro atoms. The summed E-state index contributed by atoms with van der Waals surface area (Å²) in [6.45, 7) is 0.274. The summed E-state index contributed by atoms with van der Waals surface area (Å²) < 4.78 is 4.71. The Bertz CT molecular complexity index is 568. The maximum Gasteiger partial charge on any atom is 0.298 e. The van der Waals surface area contributed by atoms with E-state index in [0.717, 1.165) is 0 Å². The average Bonchev–Trinajstić information content (AvgIpc) is 2.39. The third-order valence-electron chi connectivity index (χ3n) is 2.15. The molecule has 5 heteroatoms. The van der Waals surface area contributed by atoms with Crippen LogP contribution in [0.15, 0.2) is 58.8 Å². The zero-order valence-electron chi connectivity index (χ0n) is 9.35. The van der Waals surface area contributed by atoms with Gasteiger partial charge in [-0.05, 0) is 24.3 Å². The fourth-order valence-corrected chi connectivity index (χ4v) is 1.34. The Hall–Kier alpha value is -2.69. The molecule has 0 heterocycles. The summed E-state index contributed by atoms with van der Waals surface area (Å²) in [6, 6.07) is 13.4. The van der Waals surface area contributed by atoms with Gasteiger partial charge in [-0.25, -0.2) is 0 Å². The lowest BCUT2D eigenvalue weighted by atomic mass is 10.3. The molecule has 0 aliphatic carbocycles. The monoisotopic (exact) mass is 242 g/mol. The quantitative estimate of drug-likeness (QED) is 0.660. The number of azo groups is 1. The molecule has 0 saturated carbocycles. The summed E-state index contributed by atoms with van der Waals surface area (Å²) in [6.07, 6.45) is 0. The molecule has 0 saturated heterocycles. The van der Waals surface area contributed by atoms with Crippen LogP contribution in [0.5, 0.6) is 11.5 Å². The molecular weight excluding hydrogens is 232 g/mol. The normalized spacial score (nSPS) is 10.4. The predicted molar refractivity (Wildman–Crippen MR) is 65.4 cm³/mol. The van der Waals surface area contributed by atoms with E-state index in [1.165, 1.54) is 18.2 Å². The first kappa shape index (κ1) is 11.8. The number of phenolic OH excluding ortho intramolecular Hbond substituents is 1. The number of phenols is 1. The number of hydrogen-bond acceptors (Lipinski definition) is 5. The number of benzene rings is 2. The van der Waals surface area contributed by atoms with Crippen LogP contribution in [0.1, 0.15) is 0 Å². The van der Waals surface area contributed by atoms with Gasteiger partial charge < -0.3 is 9.84 Å². The molecule has 0 aliphatic rings. The van der Waals surface area contributed by atoms with Crippen LogP contribution < -0.4 is 4.74 Å². The molecule has 0 unspecified atom stereocenters. The van der Waals surface area contributed by atoms with E-state index >= 15 is 0 Å². The van der Waals surface area contributed by atoms with Gasteiger partial charge in [0.15, 0.2) is 5.75 Å². The Balaban J connectivity index is 2.28. The summed E-state index contributed by atoms with van der Waals surface area (Å²) in [5.41, 5.74) is 1.05. The van der Waals surface area contributed by atoms with E-state index in [1.54, 1.807) is 12.1 Å². The van der Waals surface area contributed by atoms with Gasteiger partial charge in [0.2, 0.25) is 0 Å². The molecule has 2 rings (SSSR count). The number of carbonyl (C=O) groups excluding carboxylic acids is 1. The zero-order valence-corrected chi connectivity index (χ0v) is 9.35. The third kappa shape index (κ3) is 2.91. The van der Waals surface area contributed by atoms with E-state index in [-0.39, 0.29) is 18.0 Å². The Morgan fingerprint density at radius 2 is 1.83 bits per heavy atom. The fourth-order valence-electron chi connectivity index (χ4n) is 1.34. The average molecular weight is 242 g/mol. The van der Waals surface area contributed by atoms with Gasteiger partial charge in [0.05, 0.1) is 5.69 Å². The van der Waals surface area contributed by atoms with Crippen LogP contribution in [0.25, 0.3) is 0 Å². The van der Waals surface area contributed by atoms with Gasteiger partial charge in [0.1, 0.15) is 11.4 Å². The van der Waals surface area contributed by atoms with Crippen LogP contribution in [0.2, 0.25) is 0 Å². The predicted octanol–water partition coefficient (Wildman–Crippen LogP) is 3.34. The smallest absolute Gasteiger partial charge is 0.298 e. The van der Waals surface area contributed by atoms with Gasteiger partial charge in [-0.15, -0.1) is 5.11 Å². The van der Waals surface area contributed by atoms with Crippen molar-refractivity contribution in [2.45, 2.75) is 0 Å². The number of ether oxygens (including phenoxy) is 1. The summed E-state index contributed by atoms with van der Waals surface area (Å²) in [4.78, 5) is 10.3. The molecule has 18 heavy (non-hydrogen) atoms. The van der Waals surface area contributed by atoms with Crippen molar-refractivity contribution in [2.24, 2.45) is 10.2 Å². The minimum atomic E-state index is -0.00879.